The number of nitrogens with zero attached hydrogens (tertiary/aromatic N) is 3. The number of aromatic nitrogens is 2. The Morgan fingerprint density at radius 1 is 1.26 bits per heavy atom. The smallest absolute Gasteiger partial charge is 0.230 e. The van der Waals surface area contributed by atoms with Crippen molar-refractivity contribution < 1.29 is 4.79 Å². The van der Waals surface area contributed by atoms with Crippen LogP contribution in [0.25, 0.3) is 0 Å². The van der Waals surface area contributed by atoms with Gasteiger partial charge in [-0.15, -0.1) is 10.2 Å². The molecule has 0 bridgehead atoms. The molecule has 5 nitrogen and oxygen atoms in total. The van der Waals surface area contributed by atoms with Crippen LogP contribution in [0.4, 0.5) is 5.69 Å². The summed E-state index contributed by atoms with van der Waals surface area (Å²) >= 11 is 4.52. The Labute approximate surface area is 149 Å². The van der Waals surface area contributed by atoms with Gasteiger partial charge in [0.2, 0.25) is 5.91 Å². The van der Waals surface area contributed by atoms with E-state index in [1.54, 1.807) is 11.8 Å². The van der Waals surface area contributed by atoms with Gasteiger partial charge in [-0.1, -0.05) is 53.1 Å². The first-order chi connectivity index (χ1) is 11.2. The zero-order chi connectivity index (χ0) is 16.5. The molecule has 1 heterocycles. The molecular weight excluding hydrogens is 348 g/mol. The molecule has 23 heavy (non-hydrogen) atoms. The minimum Gasteiger partial charge on any atom is -0.375 e. The monoisotopic (exact) mass is 368 g/mol. The zero-order valence-electron chi connectivity index (χ0n) is 13.2. The maximum Gasteiger partial charge on any atom is 0.230 e. The zero-order valence-corrected chi connectivity index (χ0v) is 15.6. The van der Waals surface area contributed by atoms with E-state index in [0.717, 1.165) is 21.6 Å². The van der Waals surface area contributed by atoms with Crippen LogP contribution >= 0.6 is 34.9 Å². The van der Waals surface area contributed by atoms with Crippen LogP contribution < -0.4 is 10.2 Å². The summed E-state index contributed by atoms with van der Waals surface area (Å²) in [5, 5.41) is 11.0. The lowest BCUT2D eigenvalue weighted by Crippen LogP contribution is -2.29. The molecule has 1 aromatic carbocycles. The third-order valence-electron chi connectivity index (χ3n) is 3.08. The fraction of sp³-hybridized carbons (Fsp3) is 0.400. The highest BCUT2D eigenvalue weighted by atomic mass is 32.2. The summed E-state index contributed by atoms with van der Waals surface area (Å²) in [5.41, 5.74) is 1.19. The van der Waals surface area contributed by atoms with Gasteiger partial charge < -0.3 is 10.2 Å². The minimum atomic E-state index is 0.0401. The average molecular weight is 369 g/mol. The molecule has 0 spiro atoms. The number of anilines is 1. The summed E-state index contributed by atoms with van der Waals surface area (Å²) in [6.07, 6.45) is 2.88. The molecular formula is C15H20N4OS3. The van der Waals surface area contributed by atoms with Gasteiger partial charge in [-0.2, -0.15) is 0 Å². The lowest BCUT2D eigenvalue weighted by Gasteiger charge is -2.19. The van der Waals surface area contributed by atoms with Crippen molar-refractivity contribution in [2.45, 2.75) is 15.1 Å². The molecule has 1 aromatic heterocycles. The molecule has 0 atom stereocenters. The first-order valence-electron chi connectivity index (χ1n) is 7.22. The number of benzene rings is 1. The Hall–Kier alpha value is -1.25. The number of amides is 1. The molecule has 0 unspecified atom stereocenters. The van der Waals surface area contributed by atoms with Crippen LogP contribution in [0, 0.1) is 0 Å². The number of hydrogen-bond donors (Lipinski definition) is 1. The van der Waals surface area contributed by atoms with Gasteiger partial charge in [0, 0.05) is 25.8 Å². The van der Waals surface area contributed by atoms with Crippen molar-refractivity contribution in [3.05, 3.63) is 30.3 Å². The first-order valence-corrected chi connectivity index (χ1v) is 10.2. The normalized spacial score (nSPS) is 10.5. The molecule has 124 valence electrons. The van der Waals surface area contributed by atoms with Crippen LogP contribution in [0.1, 0.15) is 6.42 Å². The van der Waals surface area contributed by atoms with Crippen molar-refractivity contribution in [3.63, 3.8) is 0 Å². The number of hydrogen-bond acceptors (Lipinski definition) is 7. The molecule has 0 radical (unpaired) electrons. The maximum atomic E-state index is 11.8. The van der Waals surface area contributed by atoms with Gasteiger partial charge in [0.15, 0.2) is 8.68 Å². The molecule has 0 aliphatic rings. The van der Waals surface area contributed by atoms with E-state index >= 15 is 0 Å². The molecule has 0 fully saturated rings. The lowest BCUT2D eigenvalue weighted by atomic mass is 10.3. The van der Waals surface area contributed by atoms with Crippen LogP contribution in [0.2, 0.25) is 0 Å². The van der Waals surface area contributed by atoms with E-state index in [2.05, 4.69) is 39.6 Å². The summed E-state index contributed by atoms with van der Waals surface area (Å²) in [6, 6.07) is 10.2. The highest BCUT2D eigenvalue weighted by Gasteiger charge is 2.07. The summed E-state index contributed by atoms with van der Waals surface area (Å²) < 4.78 is 1.77. The van der Waals surface area contributed by atoms with Gasteiger partial charge in [0.1, 0.15) is 0 Å². The molecule has 1 N–H and O–H groups in total. The molecule has 0 aliphatic carbocycles. The predicted octanol–water partition coefficient (Wildman–Crippen LogP) is 2.99. The van der Waals surface area contributed by atoms with Gasteiger partial charge in [-0.3, -0.25) is 4.79 Å². The van der Waals surface area contributed by atoms with Gasteiger partial charge in [0.25, 0.3) is 0 Å². The molecule has 8 heteroatoms. The van der Waals surface area contributed by atoms with Crippen molar-refractivity contribution in [1.29, 1.82) is 0 Å². The van der Waals surface area contributed by atoms with E-state index < -0.39 is 0 Å². The summed E-state index contributed by atoms with van der Waals surface area (Å²) in [5.74, 6) is 0.427. The van der Waals surface area contributed by atoms with Crippen molar-refractivity contribution in [2.24, 2.45) is 0 Å². The Bertz CT molecular complexity index is 606. The average Bonchev–Trinajstić information content (AvgIpc) is 3.05. The number of rotatable bonds is 9. The largest absolute Gasteiger partial charge is 0.375 e. The van der Waals surface area contributed by atoms with Gasteiger partial charge in [0.05, 0.1) is 5.75 Å². The van der Waals surface area contributed by atoms with E-state index in [1.165, 1.54) is 28.8 Å². The minimum absolute atomic E-state index is 0.0401. The van der Waals surface area contributed by atoms with Crippen molar-refractivity contribution >= 4 is 46.5 Å². The van der Waals surface area contributed by atoms with Crippen molar-refractivity contribution in [3.8, 4) is 0 Å². The van der Waals surface area contributed by atoms with Crippen molar-refractivity contribution in [1.82, 2.24) is 15.5 Å². The maximum absolute atomic E-state index is 11.8. The van der Waals surface area contributed by atoms with Crippen LogP contribution in [-0.2, 0) is 4.79 Å². The Kier molecular flexibility index (Phi) is 7.70. The molecule has 0 saturated heterocycles. The third-order valence-corrected chi connectivity index (χ3v) is 6.11. The Morgan fingerprint density at radius 2 is 2.00 bits per heavy atom. The second kappa shape index (κ2) is 9.79. The quantitative estimate of drug-likeness (QED) is 0.542. The van der Waals surface area contributed by atoms with Crippen LogP contribution in [0.5, 0.6) is 0 Å². The lowest BCUT2D eigenvalue weighted by molar-refractivity contribution is -0.118. The summed E-state index contributed by atoms with van der Waals surface area (Å²) in [4.78, 5) is 14.0. The standard InChI is InChI=1S/C15H20N4OS3/c1-19(12-7-4-3-5-8-12)10-6-9-16-13(20)11-22-15-18-17-14(21-2)23-15/h3-5,7-8H,6,9-11H2,1-2H3,(H,16,20). The van der Waals surface area contributed by atoms with E-state index in [1.807, 2.05) is 24.5 Å². The highest BCUT2D eigenvalue weighted by molar-refractivity contribution is 8.03. The van der Waals surface area contributed by atoms with Crippen LogP contribution in [0.3, 0.4) is 0 Å². The van der Waals surface area contributed by atoms with Crippen molar-refractivity contribution in [2.75, 3.05) is 37.0 Å². The fourth-order valence-corrected chi connectivity index (χ4v) is 4.14. The molecule has 2 rings (SSSR count). The van der Waals surface area contributed by atoms with Gasteiger partial charge >= 0.3 is 0 Å². The van der Waals surface area contributed by atoms with E-state index in [9.17, 15) is 4.79 Å². The fourth-order valence-electron chi connectivity index (χ4n) is 1.87. The van der Waals surface area contributed by atoms with Gasteiger partial charge in [-0.05, 0) is 24.8 Å². The topological polar surface area (TPSA) is 58.1 Å². The van der Waals surface area contributed by atoms with Crippen LogP contribution in [-0.4, -0.2) is 48.3 Å². The summed E-state index contributed by atoms with van der Waals surface area (Å²) in [7, 11) is 2.06. The van der Waals surface area contributed by atoms with E-state index in [4.69, 9.17) is 0 Å². The predicted molar refractivity (Wildman–Crippen MR) is 99.8 cm³/mol. The van der Waals surface area contributed by atoms with E-state index in [0.29, 0.717) is 12.3 Å². The summed E-state index contributed by atoms with van der Waals surface area (Å²) in [6.45, 7) is 1.59. The second-order valence-electron chi connectivity index (χ2n) is 4.79. The highest BCUT2D eigenvalue weighted by Crippen LogP contribution is 2.26. The SMILES string of the molecule is CSc1nnc(SCC(=O)NCCCN(C)c2ccccc2)s1. The second-order valence-corrected chi connectivity index (χ2v) is 8.04. The molecule has 2 aromatic rings. The van der Waals surface area contributed by atoms with Gasteiger partial charge in [-0.25, -0.2) is 0 Å². The molecule has 0 saturated carbocycles. The number of thioether (sulfide) groups is 2. The number of para-hydroxylation sites is 1. The van der Waals surface area contributed by atoms with E-state index in [-0.39, 0.29) is 5.91 Å². The molecule has 1 amide bonds. The Balaban J connectivity index is 1.59. The Morgan fingerprint density at radius 3 is 2.70 bits per heavy atom. The number of carbonyl (C=O) groups is 1. The number of carbonyl (C=O) groups excluding carboxylic acids is 1. The van der Waals surface area contributed by atoms with Crippen LogP contribution in [0.15, 0.2) is 39.0 Å². The molecule has 0 aliphatic heterocycles. The number of nitrogens with one attached hydrogen (secondary N) is 1. The first kappa shape index (κ1) is 18.1. The third kappa shape index (κ3) is 6.40.